The van der Waals surface area contributed by atoms with E-state index in [1.807, 2.05) is 11.0 Å². The van der Waals surface area contributed by atoms with Crippen molar-refractivity contribution in [1.29, 1.82) is 0 Å². The average Bonchev–Trinajstić information content (AvgIpc) is 3.00. The maximum Gasteiger partial charge on any atom is 0.224 e. The first-order chi connectivity index (χ1) is 11.8. The van der Waals surface area contributed by atoms with E-state index in [9.17, 15) is 4.79 Å². The molecule has 0 aliphatic carbocycles. The molecular weight excluding hydrogens is 302 g/mol. The zero-order valence-electron chi connectivity index (χ0n) is 13.3. The van der Waals surface area contributed by atoms with Gasteiger partial charge in [-0.25, -0.2) is 9.97 Å². The van der Waals surface area contributed by atoms with E-state index < -0.39 is 0 Å². The maximum atomic E-state index is 12.4. The van der Waals surface area contributed by atoms with Crippen molar-refractivity contribution in [2.75, 3.05) is 18.4 Å². The van der Waals surface area contributed by atoms with E-state index in [0.717, 1.165) is 24.2 Å². The van der Waals surface area contributed by atoms with Crippen molar-refractivity contribution in [1.82, 2.24) is 19.9 Å². The lowest BCUT2D eigenvalue weighted by molar-refractivity contribution is -0.131. The molecule has 2 N–H and O–H groups in total. The van der Waals surface area contributed by atoms with Gasteiger partial charge in [-0.3, -0.25) is 4.79 Å². The molecule has 1 aliphatic rings. The Bertz CT molecular complexity index is 858. The first kappa shape index (κ1) is 14.7. The first-order valence-electron chi connectivity index (χ1n) is 8.18. The number of aromatic nitrogens is 3. The molecule has 1 aliphatic heterocycles. The number of nitrogens with zero attached hydrogens (tertiary/aromatic N) is 3. The fraction of sp³-hybridized carbons (Fsp3) is 0.278. The molecule has 4 rings (SSSR count). The highest BCUT2D eigenvalue weighted by Crippen LogP contribution is 2.27. The van der Waals surface area contributed by atoms with Crippen LogP contribution in [0.4, 0.5) is 5.95 Å². The standard InChI is InChI=1S/C18H19N5O/c24-17(6-10-21-18-19-8-3-9-20-18)23-11-7-14-13-4-1-2-5-15(13)22-16(14)12-23/h1-5,8-9,22H,6-7,10-12H2,(H,19,20,21). The number of amides is 1. The number of aromatic amines is 1. The van der Waals surface area contributed by atoms with Crippen LogP contribution in [0, 0.1) is 0 Å². The van der Waals surface area contributed by atoms with Gasteiger partial charge in [-0.1, -0.05) is 18.2 Å². The number of fused-ring (bicyclic) bond motifs is 3. The van der Waals surface area contributed by atoms with Crippen LogP contribution in [-0.4, -0.2) is 38.8 Å². The molecule has 1 aromatic carbocycles. The van der Waals surface area contributed by atoms with Gasteiger partial charge in [0.2, 0.25) is 11.9 Å². The van der Waals surface area contributed by atoms with Gasteiger partial charge in [-0.15, -0.1) is 0 Å². The molecule has 0 spiro atoms. The minimum Gasteiger partial charge on any atom is -0.357 e. The van der Waals surface area contributed by atoms with Gasteiger partial charge in [-0.05, 0) is 24.1 Å². The largest absolute Gasteiger partial charge is 0.357 e. The second-order valence-corrected chi connectivity index (χ2v) is 5.94. The van der Waals surface area contributed by atoms with Gasteiger partial charge in [0.05, 0.1) is 6.54 Å². The zero-order valence-corrected chi connectivity index (χ0v) is 13.3. The average molecular weight is 321 g/mol. The highest BCUT2D eigenvalue weighted by Gasteiger charge is 2.23. The van der Waals surface area contributed by atoms with Crippen LogP contribution in [0.1, 0.15) is 17.7 Å². The Labute approximate surface area is 139 Å². The highest BCUT2D eigenvalue weighted by molar-refractivity contribution is 5.85. The van der Waals surface area contributed by atoms with E-state index >= 15 is 0 Å². The Morgan fingerprint density at radius 2 is 2.04 bits per heavy atom. The van der Waals surface area contributed by atoms with E-state index in [1.165, 1.54) is 10.9 Å². The molecule has 0 bridgehead atoms. The molecule has 0 fully saturated rings. The van der Waals surface area contributed by atoms with Crippen LogP contribution in [0.25, 0.3) is 10.9 Å². The predicted molar refractivity (Wildman–Crippen MR) is 92.6 cm³/mol. The smallest absolute Gasteiger partial charge is 0.224 e. The molecule has 3 aromatic rings. The lowest BCUT2D eigenvalue weighted by atomic mass is 10.0. The molecule has 0 saturated heterocycles. The molecule has 2 aromatic heterocycles. The number of hydrogen-bond acceptors (Lipinski definition) is 4. The predicted octanol–water partition coefficient (Wildman–Crippen LogP) is 2.34. The molecule has 0 unspecified atom stereocenters. The molecule has 24 heavy (non-hydrogen) atoms. The second-order valence-electron chi connectivity index (χ2n) is 5.94. The monoisotopic (exact) mass is 321 g/mol. The first-order valence-corrected chi connectivity index (χ1v) is 8.18. The quantitative estimate of drug-likeness (QED) is 0.773. The van der Waals surface area contributed by atoms with Crippen molar-refractivity contribution >= 4 is 22.8 Å². The SMILES string of the molecule is O=C(CCNc1ncccn1)N1CCc2c([nH]c3ccccc23)C1. The Balaban J connectivity index is 1.38. The van der Waals surface area contributed by atoms with E-state index in [-0.39, 0.29) is 5.91 Å². The minimum atomic E-state index is 0.155. The van der Waals surface area contributed by atoms with Gasteiger partial charge >= 0.3 is 0 Å². The number of H-pyrrole nitrogens is 1. The third-order valence-corrected chi connectivity index (χ3v) is 4.42. The summed E-state index contributed by atoms with van der Waals surface area (Å²) in [6.07, 6.45) is 4.70. The molecule has 6 heteroatoms. The lowest BCUT2D eigenvalue weighted by Gasteiger charge is -2.27. The fourth-order valence-corrected chi connectivity index (χ4v) is 3.24. The molecule has 0 radical (unpaired) electrons. The Morgan fingerprint density at radius 3 is 2.92 bits per heavy atom. The summed E-state index contributed by atoms with van der Waals surface area (Å²) >= 11 is 0. The number of rotatable bonds is 4. The van der Waals surface area contributed by atoms with Crippen LogP contribution >= 0.6 is 0 Å². The van der Waals surface area contributed by atoms with Gasteiger partial charge in [0, 0.05) is 48.5 Å². The summed E-state index contributed by atoms with van der Waals surface area (Å²) in [6, 6.07) is 10.1. The fourth-order valence-electron chi connectivity index (χ4n) is 3.24. The Kier molecular flexibility index (Phi) is 3.86. The molecule has 1 amide bonds. The van der Waals surface area contributed by atoms with Crippen LogP contribution in [0.5, 0.6) is 0 Å². The van der Waals surface area contributed by atoms with Crippen molar-refractivity contribution in [2.45, 2.75) is 19.4 Å². The van der Waals surface area contributed by atoms with Gasteiger partial charge in [0.25, 0.3) is 0 Å². The number of anilines is 1. The Hall–Kier alpha value is -2.89. The minimum absolute atomic E-state index is 0.155. The zero-order chi connectivity index (χ0) is 16.4. The summed E-state index contributed by atoms with van der Waals surface area (Å²) in [4.78, 5) is 26.0. The van der Waals surface area contributed by atoms with E-state index in [4.69, 9.17) is 0 Å². The molecule has 6 nitrogen and oxygen atoms in total. The number of carbonyl (C=O) groups excluding carboxylic acids is 1. The van der Waals surface area contributed by atoms with Crippen LogP contribution in [0.15, 0.2) is 42.7 Å². The molecule has 3 heterocycles. The van der Waals surface area contributed by atoms with E-state index in [2.05, 4.69) is 38.5 Å². The number of para-hydroxylation sites is 1. The van der Waals surface area contributed by atoms with Crippen LogP contribution in [0.3, 0.4) is 0 Å². The van der Waals surface area contributed by atoms with E-state index in [0.29, 0.717) is 25.5 Å². The summed E-state index contributed by atoms with van der Waals surface area (Å²) in [5.74, 6) is 0.713. The number of nitrogens with one attached hydrogen (secondary N) is 2. The van der Waals surface area contributed by atoms with Crippen LogP contribution in [-0.2, 0) is 17.8 Å². The number of benzene rings is 1. The van der Waals surface area contributed by atoms with Crippen molar-refractivity contribution in [3.63, 3.8) is 0 Å². The van der Waals surface area contributed by atoms with Crippen molar-refractivity contribution in [3.05, 3.63) is 54.0 Å². The topological polar surface area (TPSA) is 73.9 Å². The molecule has 0 saturated carbocycles. The normalized spacial score (nSPS) is 13.8. The van der Waals surface area contributed by atoms with Crippen molar-refractivity contribution < 1.29 is 4.79 Å². The van der Waals surface area contributed by atoms with E-state index in [1.54, 1.807) is 18.5 Å². The molecular formula is C18H19N5O. The third-order valence-electron chi connectivity index (χ3n) is 4.42. The van der Waals surface area contributed by atoms with Crippen LogP contribution < -0.4 is 5.32 Å². The number of carbonyl (C=O) groups is 1. The number of hydrogen-bond donors (Lipinski definition) is 2. The summed E-state index contributed by atoms with van der Waals surface area (Å²) < 4.78 is 0. The summed E-state index contributed by atoms with van der Waals surface area (Å²) in [7, 11) is 0. The third kappa shape index (κ3) is 2.82. The Morgan fingerprint density at radius 1 is 1.21 bits per heavy atom. The van der Waals surface area contributed by atoms with Gasteiger partial charge < -0.3 is 15.2 Å². The molecule has 122 valence electrons. The molecule has 0 atom stereocenters. The highest BCUT2D eigenvalue weighted by atomic mass is 16.2. The summed E-state index contributed by atoms with van der Waals surface area (Å²) in [6.45, 7) is 1.97. The maximum absolute atomic E-state index is 12.4. The summed E-state index contributed by atoms with van der Waals surface area (Å²) in [5.41, 5.74) is 3.67. The van der Waals surface area contributed by atoms with Crippen LogP contribution in [0.2, 0.25) is 0 Å². The lowest BCUT2D eigenvalue weighted by Crippen LogP contribution is -2.36. The van der Waals surface area contributed by atoms with Gasteiger partial charge in [0.1, 0.15) is 0 Å². The summed E-state index contributed by atoms with van der Waals surface area (Å²) in [5, 5.41) is 4.36. The second kappa shape index (κ2) is 6.31. The van der Waals surface area contributed by atoms with Gasteiger partial charge in [0.15, 0.2) is 0 Å². The van der Waals surface area contributed by atoms with Crippen molar-refractivity contribution in [3.8, 4) is 0 Å². The van der Waals surface area contributed by atoms with Gasteiger partial charge in [-0.2, -0.15) is 0 Å². The van der Waals surface area contributed by atoms with Crippen molar-refractivity contribution in [2.24, 2.45) is 0 Å².